The van der Waals surface area contributed by atoms with Gasteiger partial charge < -0.3 is 10.1 Å². The Labute approximate surface area is 171 Å². The zero-order valence-electron chi connectivity index (χ0n) is 15.2. The molecule has 0 aliphatic carbocycles. The Morgan fingerprint density at radius 1 is 1.25 bits per heavy atom. The fraction of sp³-hybridized carbons (Fsp3) is 0.278. The molecule has 2 aromatic heterocycles. The summed E-state index contributed by atoms with van der Waals surface area (Å²) in [7, 11) is 1.63. The van der Waals surface area contributed by atoms with Gasteiger partial charge in [-0.3, -0.25) is 4.79 Å². The minimum atomic E-state index is -0.277. The number of benzene rings is 1. The van der Waals surface area contributed by atoms with Crippen LogP contribution in [0.2, 0.25) is 5.02 Å². The minimum absolute atomic E-state index is 0.274. The van der Waals surface area contributed by atoms with Gasteiger partial charge in [-0.2, -0.15) is 0 Å². The third-order valence-corrected chi connectivity index (χ3v) is 4.88. The van der Waals surface area contributed by atoms with Gasteiger partial charge in [0.15, 0.2) is 10.9 Å². The van der Waals surface area contributed by atoms with E-state index in [1.807, 2.05) is 12.1 Å². The highest BCUT2D eigenvalue weighted by Gasteiger charge is 2.21. The number of nitrogens with zero attached hydrogens (tertiary/aromatic N) is 5. The van der Waals surface area contributed by atoms with Crippen molar-refractivity contribution in [2.24, 2.45) is 0 Å². The third-order valence-electron chi connectivity index (χ3n) is 3.74. The van der Waals surface area contributed by atoms with Gasteiger partial charge in [0, 0.05) is 43.4 Å². The van der Waals surface area contributed by atoms with Crippen LogP contribution in [-0.2, 0) is 10.5 Å². The third kappa shape index (κ3) is 5.28. The van der Waals surface area contributed by atoms with Crippen molar-refractivity contribution in [3.05, 3.63) is 59.1 Å². The van der Waals surface area contributed by atoms with E-state index in [0.29, 0.717) is 34.8 Å². The minimum Gasteiger partial charge on any atom is -0.385 e. The molecule has 3 aromatic rings. The van der Waals surface area contributed by atoms with Gasteiger partial charge >= 0.3 is 0 Å². The van der Waals surface area contributed by atoms with E-state index in [-0.39, 0.29) is 11.6 Å². The second-order valence-corrected chi connectivity index (χ2v) is 7.07. The maximum absolute atomic E-state index is 12.6. The average molecular weight is 419 g/mol. The first kappa shape index (κ1) is 20.2. The molecular weight excluding hydrogens is 400 g/mol. The summed E-state index contributed by atoms with van der Waals surface area (Å²) >= 11 is 7.38. The topological polar surface area (TPSA) is 94.8 Å². The summed E-state index contributed by atoms with van der Waals surface area (Å²) in [6.45, 7) is 1.07. The average Bonchev–Trinajstić information content (AvgIpc) is 3.15. The summed E-state index contributed by atoms with van der Waals surface area (Å²) in [5, 5.41) is 12.4. The molecule has 0 aliphatic heterocycles. The number of methoxy groups -OCH3 is 1. The summed E-state index contributed by atoms with van der Waals surface area (Å²) in [6, 6.07) is 8.93. The molecule has 0 aliphatic rings. The number of carbonyl (C=O) groups excluding carboxylic acids is 1. The van der Waals surface area contributed by atoms with E-state index in [4.69, 9.17) is 16.3 Å². The second kappa shape index (κ2) is 10.2. The Kier molecular flexibility index (Phi) is 7.35. The molecule has 10 heteroatoms. The molecule has 2 heterocycles. The number of ether oxygens (including phenoxy) is 1. The number of hydrogen-bond acceptors (Lipinski definition) is 7. The number of rotatable bonds is 9. The Balaban J connectivity index is 1.84. The van der Waals surface area contributed by atoms with E-state index in [9.17, 15) is 4.79 Å². The van der Waals surface area contributed by atoms with Crippen molar-refractivity contribution in [1.82, 2.24) is 30.3 Å². The van der Waals surface area contributed by atoms with Gasteiger partial charge in [-0.1, -0.05) is 28.6 Å². The highest BCUT2D eigenvalue weighted by molar-refractivity contribution is 7.98. The van der Waals surface area contributed by atoms with E-state index < -0.39 is 0 Å². The smallest absolute Gasteiger partial charge is 0.273 e. The molecule has 1 amide bonds. The first-order valence-corrected chi connectivity index (χ1v) is 9.93. The van der Waals surface area contributed by atoms with E-state index in [1.54, 1.807) is 42.4 Å². The number of aromatic nitrogens is 5. The number of thioether (sulfide) groups is 1. The number of halogens is 1. The molecule has 28 heavy (non-hydrogen) atoms. The van der Waals surface area contributed by atoms with Crippen LogP contribution in [0.4, 0.5) is 0 Å². The zero-order valence-corrected chi connectivity index (χ0v) is 16.8. The van der Waals surface area contributed by atoms with Crippen LogP contribution in [0.5, 0.6) is 0 Å². The first-order chi connectivity index (χ1) is 13.7. The quantitative estimate of drug-likeness (QED) is 0.324. The van der Waals surface area contributed by atoms with Gasteiger partial charge in [0.2, 0.25) is 0 Å². The van der Waals surface area contributed by atoms with Crippen LogP contribution in [0.15, 0.2) is 47.9 Å². The van der Waals surface area contributed by atoms with Gasteiger partial charge in [0.1, 0.15) is 0 Å². The molecule has 146 valence electrons. The van der Waals surface area contributed by atoms with E-state index in [0.717, 1.165) is 12.1 Å². The molecule has 1 N–H and O–H groups in total. The zero-order chi connectivity index (χ0) is 19.8. The maximum Gasteiger partial charge on any atom is 0.273 e. The highest BCUT2D eigenvalue weighted by Crippen LogP contribution is 2.23. The largest absolute Gasteiger partial charge is 0.385 e. The molecule has 8 nitrogen and oxygen atoms in total. The van der Waals surface area contributed by atoms with Crippen molar-refractivity contribution in [2.75, 3.05) is 20.3 Å². The molecule has 1 aromatic carbocycles. The fourth-order valence-electron chi connectivity index (χ4n) is 2.39. The van der Waals surface area contributed by atoms with E-state index in [2.05, 4.69) is 25.6 Å². The van der Waals surface area contributed by atoms with Crippen LogP contribution in [0.25, 0.3) is 5.69 Å². The number of nitrogens with one attached hydrogen (secondary N) is 1. The standard InChI is InChI=1S/C18H19ClN6O2S/c1-27-11-3-10-20-17(26)16-15(12-28-18-21-8-2-9-22-18)25(24-23-16)14-6-4-13(19)5-7-14/h2,4-9H,3,10-12H2,1H3,(H,20,26). The molecule has 0 fully saturated rings. The molecular formula is C18H19ClN6O2S. The first-order valence-electron chi connectivity index (χ1n) is 8.56. The lowest BCUT2D eigenvalue weighted by atomic mass is 10.2. The predicted octanol–water partition coefficient (Wildman–Crippen LogP) is 2.77. The highest BCUT2D eigenvalue weighted by atomic mass is 35.5. The van der Waals surface area contributed by atoms with Gasteiger partial charge in [-0.15, -0.1) is 5.10 Å². The van der Waals surface area contributed by atoms with Crippen LogP contribution in [0, 0.1) is 0 Å². The molecule has 0 saturated carbocycles. The Morgan fingerprint density at radius 3 is 2.71 bits per heavy atom. The second-order valence-electron chi connectivity index (χ2n) is 5.70. The predicted molar refractivity (Wildman–Crippen MR) is 107 cm³/mol. The van der Waals surface area contributed by atoms with Gasteiger partial charge in [-0.05, 0) is 36.8 Å². The summed E-state index contributed by atoms with van der Waals surface area (Å²) in [5.74, 6) is 0.154. The summed E-state index contributed by atoms with van der Waals surface area (Å²) in [4.78, 5) is 21.0. The lowest BCUT2D eigenvalue weighted by molar-refractivity contribution is 0.0943. The van der Waals surface area contributed by atoms with Crippen LogP contribution >= 0.6 is 23.4 Å². The van der Waals surface area contributed by atoms with Crippen molar-refractivity contribution < 1.29 is 9.53 Å². The SMILES string of the molecule is COCCCNC(=O)c1nnn(-c2ccc(Cl)cc2)c1CSc1ncccn1. The van der Waals surface area contributed by atoms with E-state index >= 15 is 0 Å². The molecule has 0 unspecified atom stereocenters. The number of amides is 1. The summed E-state index contributed by atoms with van der Waals surface area (Å²) in [6.07, 6.45) is 4.07. The molecule has 0 spiro atoms. The molecule has 0 bridgehead atoms. The van der Waals surface area contributed by atoms with Crippen molar-refractivity contribution in [3.8, 4) is 5.69 Å². The lowest BCUT2D eigenvalue weighted by Crippen LogP contribution is -2.26. The van der Waals surface area contributed by atoms with Crippen molar-refractivity contribution in [2.45, 2.75) is 17.3 Å². The van der Waals surface area contributed by atoms with Crippen LogP contribution in [-0.4, -0.2) is 51.1 Å². The summed E-state index contributed by atoms with van der Waals surface area (Å²) in [5.41, 5.74) is 1.69. The summed E-state index contributed by atoms with van der Waals surface area (Å²) < 4.78 is 6.64. The van der Waals surface area contributed by atoms with Crippen molar-refractivity contribution >= 4 is 29.3 Å². The van der Waals surface area contributed by atoms with Gasteiger partial charge in [-0.25, -0.2) is 14.6 Å². The molecule has 0 atom stereocenters. The maximum atomic E-state index is 12.6. The van der Waals surface area contributed by atoms with Gasteiger partial charge in [0.05, 0.1) is 11.4 Å². The van der Waals surface area contributed by atoms with Crippen LogP contribution in [0.3, 0.4) is 0 Å². The molecule has 0 saturated heterocycles. The normalized spacial score (nSPS) is 10.8. The Hall–Kier alpha value is -2.49. The monoisotopic (exact) mass is 418 g/mol. The van der Waals surface area contributed by atoms with Crippen LogP contribution < -0.4 is 5.32 Å². The Morgan fingerprint density at radius 2 is 2.00 bits per heavy atom. The van der Waals surface area contributed by atoms with Crippen LogP contribution in [0.1, 0.15) is 22.6 Å². The Bertz CT molecular complexity index is 904. The number of carbonyl (C=O) groups is 1. The van der Waals surface area contributed by atoms with Gasteiger partial charge in [0.25, 0.3) is 5.91 Å². The molecule has 3 rings (SSSR count). The van der Waals surface area contributed by atoms with Crippen molar-refractivity contribution in [3.63, 3.8) is 0 Å². The number of hydrogen-bond donors (Lipinski definition) is 1. The fourth-order valence-corrected chi connectivity index (χ4v) is 3.31. The lowest BCUT2D eigenvalue weighted by Gasteiger charge is -2.08. The van der Waals surface area contributed by atoms with Crippen molar-refractivity contribution in [1.29, 1.82) is 0 Å². The van der Waals surface area contributed by atoms with E-state index in [1.165, 1.54) is 11.8 Å². The molecule has 0 radical (unpaired) electrons.